The number of ether oxygens (including phenoxy) is 1. The maximum Gasteiger partial charge on any atom is 0.251 e. The maximum atomic E-state index is 12.3. The average molecular weight is 356 g/mol. The third-order valence-corrected chi connectivity index (χ3v) is 3.98. The van der Waals surface area contributed by atoms with Gasteiger partial charge in [0.1, 0.15) is 5.75 Å². The Balaban J connectivity index is 1.61. The van der Waals surface area contributed by atoms with Gasteiger partial charge in [-0.25, -0.2) is 4.98 Å². The minimum atomic E-state index is -0.177. The molecule has 1 heterocycles. The summed E-state index contributed by atoms with van der Waals surface area (Å²) in [6.45, 7) is 2.85. The van der Waals surface area contributed by atoms with Gasteiger partial charge in [-0.15, -0.1) is 0 Å². The summed E-state index contributed by atoms with van der Waals surface area (Å²) in [7, 11) is 0. The minimum absolute atomic E-state index is 0.177. The van der Waals surface area contributed by atoms with Crippen molar-refractivity contribution in [3.63, 3.8) is 0 Å². The van der Waals surface area contributed by atoms with Gasteiger partial charge in [0.05, 0.1) is 18.0 Å². The van der Waals surface area contributed by atoms with Crippen LogP contribution in [0.5, 0.6) is 5.75 Å². The molecule has 2 aromatic carbocycles. The molecule has 3 rings (SSSR count). The first kappa shape index (κ1) is 17.0. The summed E-state index contributed by atoms with van der Waals surface area (Å²) in [5.41, 5.74) is 2.53. The fourth-order valence-electron chi connectivity index (χ4n) is 2.40. The van der Waals surface area contributed by atoms with E-state index in [-0.39, 0.29) is 5.91 Å². The van der Waals surface area contributed by atoms with Crippen molar-refractivity contribution in [2.24, 2.45) is 0 Å². The van der Waals surface area contributed by atoms with E-state index in [2.05, 4.69) is 10.3 Å². The Morgan fingerprint density at radius 1 is 1.24 bits per heavy atom. The summed E-state index contributed by atoms with van der Waals surface area (Å²) >= 11 is 6.12. The Bertz CT molecular complexity index is 846. The lowest BCUT2D eigenvalue weighted by Gasteiger charge is -2.09. The van der Waals surface area contributed by atoms with Crippen molar-refractivity contribution in [3.05, 3.63) is 77.3 Å². The third-order valence-electron chi connectivity index (χ3n) is 3.69. The summed E-state index contributed by atoms with van der Waals surface area (Å²) in [4.78, 5) is 16.3. The molecule has 6 heteroatoms. The summed E-state index contributed by atoms with van der Waals surface area (Å²) in [5.74, 6) is 0.402. The molecular formula is C19H18ClN3O2. The Hall–Kier alpha value is -2.79. The van der Waals surface area contributed by atoms with E-state index in [0.717, 1.165) is 11.3 Å². The van der Waals surface area contributed by atoms with E-state index in [1.54, 1.807) is 30.7 Å². The van der Waals surface area contributed by atoms with Gasteiger partial charge in [0, 0.05) is 30.2 Å². The van der Waals surface area contributed by atoms with Crippen molar-refractivity contribution >= 4 is 17.5 Å². The van der Waals surface area contributed by atoms with E-state index in [0.29, 0.717) is 29.5 Å². The maximum absolute atomic E-state index is 12.3. The fraction of sp³-hybridized carbons (Fsp3) is 0.158. The highest BCUT2D eigenvalue weighted by atomic mass is 35.5. The number of nitrogens with zero attached hydrogens (tertiary/aromatic N) is 2. The van der Waals surface area contributed by atoms with Gasteiger partial charge < -0.3 is 14.6 Å². The zero-order chi connectivity index (χ0) is 17.6. The second-order valence-electron chi connectivity index (χ2n) is 5.40. The molecular weight excluding hydrogens is 338 g/mol. The number of amides is 1. The summed E-state index contributed by atoms with van der Waals surface area (Å²) < 4.78 is 7.29. The van der Waals surface area contributed by atoms with Gasteiger partial charge in [0.2, 0.25) is 0 Å². The number of carbonyl (C=O) groups excluding carboxylic acids is 1. The number of halogens is 1. The molecule has 0 spiro atoms. The largest absolute Gasteiger partial charge is 0.492 e. The lowest BCUT2D eigenvalue weighted by atomic mass is 10.1. The predicted octanol–water partition coefficient (Wildman–Crippen LogP) is 3.85. The second kappa shape index (κ2) is 7.85. The number of hydrogen-bond donors (Lipinski definition) is 1. The molecule has 25 heavy (non-hydrogen) atoms. The van der Waals surface area contributed by atoms with Gasteiger partial charge in [-0.2, -0.15) is 0 Å². The van der Waals surface area contributed by atoms with Gasteiger partial charge in [-0.3, -0.25) is 4.79 Å². The Kier molecular flexibility index (Phi) is 5.36. The molecule has 0 saturated heterocycles. The van der Waals surface area contributed by atoms with E-state index in [4.69, 9.17) is 16.3 Å². The van der Waals surface area contributed by atoms with Crippen LogP contribution < -0.4 is 10.1 Å². The molecule has 0 fully saturated rings. The topological polar surface area (TPSA) is 56.1 Å². The first-order valence-corrected chi connectivity index (χ1v) is 8.33. The van der Waals surface area contributed by atoms with Crippen LogP contribution in [-0.4, -0.2) is 22.1 Å². The molecule has 1 aromatic heterocycles. The summed E-state index contributed by atoms with van der Waals surface area (Å²) in [5, 5.41) is 3.32. The van der Waals surface area contributed by atoms with Crippen LogP contribution in [0, 0.1) is 0 Å². The number of hydrogen-bond acceptors (Lipinski definition) is 3. The first-order valence-electron chi connectivity index (χ1n) is 7.95. The number of benzene rings is 2. The highest BCUT2D eigenvalue weighted by Gasteiger charge is 2.09. The zero-order valence-corrected chi connectivity index (χ0v) is 14.5. The van der Waals surface area contributed by atoms with Gasteiger partial charge in [0.15, 0.2) is 0 Å². The van der Waals surface area contributed by atoms with Crippen LogP contribution in [0.3, 0.4) is 0 Å². The van der Waals surface area contributed by atoms with Crippen molar-refractivity contribution in [2.45, 2.75) is 13.5 Å². The quantitative estimate of drug-likeness (QED) is 0.730. The Morgan fingerprint density at radius 3 is 2.68 bits per heavy atom. The second-order valence-corrected chi connectivity index (χ2v) is 5.80. The average Bonchev–Trinajstić information content (AvgIpc) is 3.16. The smallest absolute Gasteiger partial charge is 0.251 e. The van der Waals surface area contributed by atoms with Gasteiger partial charge >= 0.3 is 0 Å². The SMILES string of the molecule is CCOc1ccc(C(=O)NCc2ccc(-n3ccnc3)cc2)cc1Cl. The number of carbonyl (C=O) groups is 1. The van der Waals surface area contributed by atoms with Crippen molar-refractivity contribution in [1.82, 2.24) is 14.9 Å². The molecule has 0 bridgehead atoms. The highest BCUT2D eigenvalue weighted by Crippen LogP contribution is 2.25. The normalized spacial score (nSPS) is 10.5. The standard InChI is InChI=1S/C19H18ClN3O2/c1-2-25-18-8-5-15(11-17(18)20)19(24)22-12-14-3-6-16(7-4-14)23-10-9-21-13-23/h3-11,13H,2,12H2,1H3,(H,22,24). The van der Waals surface area contributed by atoms with Crippen molar-refractivity contribution in [2.75, 3.05) is 6.61 Å². The van der Waals surface area contributed by atoms with E-state index in [1.165, 1.54) is 0 Å². The molecule has 0 saturated carbocycles. The number of aromatic nitrogens is 2. The van der Waals surface area contributed by atoms with Crippen LogP contribution in [0.2, 0.25) is 5.02 Å². The fourth-order valence-corrected chi connectivity index (χ4v) is 2.63. The molecule has 128 valence electrons. The van der Waals surface area contributed by atoms with Gasteiger partial charge in [-0.1, -0.05) is 23.7 Å². The predicted molar refractivity (Wildman–Crippen MR) is 97.4 cm³/mol. The van der Waals surface area contributed by atoms with E-state index >= 15 is 0 Å². The van der Waals surface area contributed by atoms with Gasteiger partial charge in [-0.05, 0) is 42.8 Å². The van der Waals surface area contributed by atoms with E-state index in [9.17, 15) is 4.79 Å². The Labute approximate surface area is 151 Å². The van der Waals surface area contributed by atoms with E-state index in [1.807, 2.05) is 42.0 Å². The first-order chi connectivity index (χ1) is 12.2. The molecule has 3 aromatic rings. The number of imidazole rings is 1. The van der Waals surface area contributed by atoms with Crippen LogP contribution in [0.1, 0.15) is 22.8 Å². The molecule has 0 aliphatic rings. The molecule has 1 amide bonds. The molecule has 0 aliphatic heterocycles. The summed E-state index contributed by atoms with van der Waals surface area (Å²) in [6.07, 6.45) is 5.36. The molecule has 0 unspecified atom stereocenters. The number of rotatable bonds is 6. The van der Waals surface area contributed by atoms with Gasteiger partial charge in [0.25, 0.3) is 5.91 Å². The van der Waals surface area contributed by atoms with Crippen molar-refractivity contribution in [1.29, 1.82) is 0 Å². The van der Waals surface area contributed by atoms with Crippen LogP contribution in [-0.2, 0) is 6.54 Å². The van der Waals surface area contributed by atoms with Crippen LogP contribution in [0.15, 0.2) is 61.2 Å². The monoisotopic (exact) mass is 355 g/mol. The molecule has 0 radical (unpaired) electrons. The lowest BCUT2D eigenvalue weighted by molar-refractivity contribution is 0.0951. The summed E-state index contributed by atoms with van der Waals surface area (Å²) in [6, 6.07) is 12.9. The van der Waals surface area contributed by atoms with E-state index < -0.39 is 0 Å². The molecule has 0 aliphatic carbocycles. The van der Waals surface area contributed by atoms with Crippen LogP contribution in [0.4, 0.5) is 0 Å². The number of nitrogens with one attached hydrogen (secondary N) is 1. The van der Waals surface area contributed by atoms with Crippen molar-refractivity contribution in [3.8, 4) is 11.4 Å². The van der Waals surface area contributed by atoms with Crippen LogP contribution in [0.25, 0.3) is 5.69 Å². The molecule has 0 atom stereocenters. The minimum Gasteiger partial charge on any atom is -0.492 e. The third kappa shape index (κ3) is 4.19. The highest BCUT2D eigenvalue weighted by molar-refractivity contribution is 6.32. The lowest BCUT2D eigenvalue weighted by Crippen LogP contribution is -2.22. The van der Waals surface area contributed by atoms with Crippen LogP contribution >= 0.6 is 11.6 Å². The molecule has 1 N–H and O–H groups in total. The molecule has 5 nitrogen and oxygen atoms in total. The Morgan fingerprint density at radius 2 is 2.04 bits per heavy atom. The van der Waals surface area contributed by atoms with Crippen molar-refractivity contribution < 1.29 is 9.53 Å². The zero-order valence-electron chi connectivity index (χ0n) is 13.8.